The highest BCUT2D eigenvalue weighted by molar-refractivity contribution is 5.73. The third-order valence-electron chi connectivity index (χ3n) is 4.83. The molecule has 1 heterocycles. The second-order valence-electron chi connectivity index (χ2n) is 6.62. The van der Waals surface area contributed by atoms with Crippen molar-refractivity contribution < 1.29 is 13.9 Å². The van der Waals surface area contributed by atoms with E-state index >= 15 is 0 Å². The standard InChI is InChI=1S/C18H25FN2O2/c1-12(22)20-13-7-9-14(10-8-13)21-17-6-3-11-23-18-15(17)4-2-5-16(18)19/h2,4-5,13-14,17,21H,3,6-11H2,1H3,(H,20,22)/t13?,14?,17-/m0/s1. The van der Waals surface area contributed by atoms with E-state index in [0.717, 1.165) is 44.1 Å². The van der Waals surface area contributed by atoms with E-state index in [2.05, 4.69) is 10.6 Å². The molecular formula is C18H25FN2O2. The second-order valence-corrected chi connectivity index (χ2v) is 6.62. The van der Waals surface area contributed by atoms with E-state index in [-0.39, 0.29) is 17.8 Å². The van der Waals surface area contributed by atoms with Gasteiger partial charge in [0.2, 0.25) is 5.91 Å². The van der Waals surface area contributed by atoms with Crippen LogP contribution in [0.3, 0.4) is 0 Å². The van der Waals surface area contributed by atoms with E-state index in [1.807, 2.05) is 6.07 Å². The van der Waals surface area contributed by atoms with Crippen LogP contribution in [-0.4, -0.2) is 24.6 Å². The molecular weight excluding hydrogens is 295 g/mol. The molecule has 1 atom stereocenters. The lowest BCUT2D eigenvalue weighted by atomic mass is 9.89. The van der Waals surface area contributed by atoms with Crippen molar-refractivity contribution in [1.82, 2.24) is 10.6 Å². The van der Waals surface area contributed by atoms with Crippen molar-refractivity contribution in [1.29, 1.82) is 0 Å². The minimum absolute atomic E-state index is 0.0479. The summed E-state index contributed by atoms with van der Waals surface area (Å²) in [6, 6.07) is 6.03. The molecule has 0 unspecified atom stereocenters. The average Bonchev–Trinajstić information content (AvgIpc) is 2.73. The summed E-state index contributed by atoms with van der Waals surface area (Å²) in [5.74, 6) is 0.187. The number of fused-ring (bicyclic) bond motifs is 1. The van der Waals surface area contributed by atoms with Gasteiger partial charge in [0.05, 0.1) is 6.61 Å². The normalized spacial score (nSPS) is 27.5. The van der Waals surface area contributed by atoms with Gasteiger partial charge in [0, 0.05) is 30.6 Å². The van der Waals surface area contributed by atoms with E-state index in [9.17, 15) is 9.18 Å². The lowest BCUT2D eigenvalue weighted by Gasteiger charge is -2.32. The molecule has 1 saturated carbocycles. The summed E-state index contributed by atoms with van der Waals surface area (Å²) < 4.78 is 19.6. The molecule has 0 saturated heterocycles. The van der Waals surface area contributed by atoms with Crippen molar-refractivity contribution in [3.63, 3.8) is 0 Å². The van der Waals surface area contributed by atoms with Crippen molar-refractivity contribution in [3.8, 4) is 5.75 Å². The zero-order valence-corrected chi connectivity index (χ0v) is 13.6. The van der Waals surface area contributed by atoms with Gasteiger partial charge >= 0.3 is 0 Å². The van der Waals surface area contributed by atoms with Gasteiger partial charge in [-0.3, -0.25) is 4.79 Å². The quantitative estimate of drug-likeness (QED) is 0.900. The molecule has 5 heteroatoms. The zero-order chi connectivity index (χ0) is 16.2. The van der Waals surface area contributed by atoms with E-state index in [0.29, 0.717) is 24.4 Å². The molecule has 1 amide bonds. The maximum absolute atomic E-state index is 14.0. The molecule has 0 aromatic heterocycles. The monoisotopic (exact) mass is 320 g/mol. The SMILES string of the molecule is CC(=O)NC1CCC(N[C@H]2CCCOc3c(F)cccc32)CC1. The molecule has 2 N–H and O–H groups in total. The van der Waals surface area contributed by atoms with Crippen molar-refractivity contribution in [2.24, 2.45) is 0 Å². The summed E-state index contributed by atoms with van der Waals surface area (Å²) in [6.45, 7) is 2.14. The Hall–Kier alpha value is -1.62. The van der Waals surface area contributed by atoms with Gasteiger partial charge in [0.1, 0.15) is 0 Å². The maximum Gasteiger partial charge on any atom is 0.217 e. The highest BCUT2D eigenvalue weighted by atomic mass is 19.1. The average molecular weight is 320 g/mol. The predicted octanol–water partition coefficient (Wildman–Crippen LogP) is 3.08. The number of benzene rings is 1. The van der Waals surface area contributed by atoms with Gasteiger partial charge in [0.15, 0.2) is 11.6 Å². The smallest absolute Gasteiger partial charge is 0.217 e. The van der Waals surface area contributed by atoms with Crippen LogP contribution >= 0.6 is 0 Å². The molecule has 1 aromatic rings. The highest BCUT2D eigenvalue weighted by Crippen LogP contribution is 2.34. The molecule has 1 aliphatic carbocycles. The fourth-order valence-corrected chi connectivity index (χ4v) is 3.72. The van der Waals surface area contributed by atoms with Crippen molar-refractivity contribution in [3.05, 3.63) is 29.6 Å². The number of ether oxygens (including phenoxy) is 1. The van der Waals surface area contributed by atoms with Gasteiger partial charge in [-0.15, -0.1) is 0 Å². The van der Waals surface area contributed by atoms with Crippen LogP contribution in [0.5, 0.6) is 5.75 Å². The van der Waals surface area contributed by atoms with Gasteiger partial charge < -0.3 is 15.4 Å². The molecule has 4 nitrogen and oxygen atoms in total. The minimum atomic E-state index is -0.273. The number of nitrogens with one attached hydrogen (secondary N) is 2. The first-order valence-electron chi connectivity index (χ1n) is 8.58. The number of hydrogen-bond acceptors (Lipinski definition) is 3. The first kappa shape index (κ1) is 16.2. The van der Waals surface area contributed by atoms with Crippen molar-refractivity contribution in [2.75, 3.05) is 6.61 Å². The maximum atomic E-state index is 14.0. The summed E-state index contributed by atoms with van der Waals surface area (Å²) in [5, 5.41) is 6.70. The van der Waals surface area contributed by atoms with Crippen molar-refractivity contribution >= 4 is 5.91 Å². The zero-order valence-electron chi connectivity index (χ0n) is 13.6. The highest BCUT2D eigenvalue weighted by Gasteiger charge is 2.27. The van der Waals surface area contributed by atoms with E-state index < -0.39 is 0 Å². The fourth-order valence-electron chi connectivity index (χ4n) is 3.72. The Morgan fingerprint density at radius 1 is 1.17 bits per heavy atom. The summed E-state index contributed by atoms with van der Waals surface area (Å²) in [5.41, 5.74) is 0.937. The summed E-state index contributed by atoms with van der Waals surface area (Å²) in [7, 11) is 0. The molecule has 2 aliphatic rings. The second kappa shape index (κ2) is 7.30. The molecule has 126 valence electrons. The largest absolute Gasteiger partial charge is 0.490 e. The topological polar surface area (TPSA) is 50.4 Å². The van der Waals surface area contributed by atoms with Crippen molar-refractivity contribution in [2.45, 2.75) is 63.6 Å². The molecule has 23 heavy (non-hydrogen) atoms. The summed E-state index contributed by atoms with van der Waals surface area (Å²) in [4.78, 5) is 11.1. The van der Waals surface area contributed by atoms with Crippen LogP contribution in [0.2, 0.25) is 0 Å². The van der Waals surface area contributed by atoms with Crippen LogP contribution in [0, 0.1) is 5.82 Å². The number of rotatable bonds is 3. The molecule has 1 aromatic carbocycles. The Morgan fingerprint density at radius 2 is 1.91 bits per heavy atom. The number of para-hydroxylation sites is 1. The molecule has 0 spiro atoms. The van der Waals surface area contributed by atoms with Crippen LogP contribution in [-0.2, 0) is 4.79 Å². The number of hydrogen-bond donors (Lipinski definition) is 2. The number of halogens is 1. The lowest BCUT2D eigenvalue weighted by molar-refractivity contribution is -0.119. The Morgan fingerprint density at radius 3 is 2.65 bits per heavy atom. The number of amides is 1. The Balaban J connectivity index is 1.63. The first-order valence-corrected chi connectivity index (χ1v) is 8.58. The Labute approximate surface area is 136 Å². The van der Waals surface area contributed by atoms with Crippen LogP contribution in [0.1, 0.15) is 57.1 Å². The summed E-state index contributed by atoms with van der Waals surface area (Å²) in [6.07, 6.45) is 5.95. The third-order valence-corrected chi connectivity index (χ3v) is 4.83. The Kier molecular flexibility index (Phi) is 5.16. The Bertz CT molecular complexity index is 556. The molecule has 0 radical (unpaired) electrons. The summed E-state index contributed by atoms with van der Waals surface area (Å²) >= 11 is 0. The first-order chi connectivity index (χ1) is 11.1. The molecule has 0 bridgehead atoms. The predicted molar refractivity (Wildman–Crippen MR) is 86.9 cm³/mol. The van der Waals surface area contributed by atoms with Crippen LogP contribution in [0.25, 0.3) is 0 Å². The van der Waals surface area contributed by atoms with Gasteiger partial charge in [-0.2, -0.15) is 0 Å². The van der Waals surface area contributed by atoms with Gasteiger partial charge in [-0.25, -0.2) is 4.39 Å². The van der Waals surface area contributed by atoms with E-state index in [4.69, 9.17) is 4.74 Å². The van der Waals surface area contributed by atoms with E-state index in [1.54, 1.807) is 13.0 Å². The lowest BCUT2D eigenvalue weighted by Crippen LogP contribution is -2.42. The van der Waals surface area contributed by atoms with Crippen LogP contribution < -0.4 is 15.4 Å². The van der Waals surface area contributed by atoms with Gasteiger partial charge in [0.25, 0.3) is 0 Å². The molecule has 3 rings (SSSR count). The van der Waals surface area contributed by atoms with Crippen LogP contribution in [0.4, 0.5) is 4.39 Å². The molecule has 1 fully saturated rings. The number of carbonyl (C=O) groups is 1. The number of carbonyl (C=O) groups excluding carboxylic acids is 1. The van der Waals surface area contributed by atoms with Crippen LogP contribution in [0.15, 0.2) is 18.2 Å². The van der Waals surface area contributed by atoms with Gasteiger partial charge in [-0.05, 0) is 44.6 Å². The minimum Gasteiger partial charge on any atom is -0.490 e. The van der Waals surface area contributed by atoms with Gasteiger partial charge in [-0.1, -0.05) is 12.1 Å². The molecule has 1 aliphatic heterocycles. The third kappa shape index (κ3) is 4.02. The fraction of sp³-hybridized carbons (Fsp3) is 0.611. The van der Waals surface area contributed by atoms with E-state index in [1.165, 1.54) is 6.07 Å².